The zero-order valence-electron chi connectivity index (χ0n) is 11.3. The first-order valence-corrected chi connectivity index (χ1v) is 8.31. The molecule has 1 aliphatic heterocycles. The number of nitrogens with zero attached hydrogens (tertiary/aromatic N) is 1. The summed E-state index contributed by atoms with van der Waals surface area (Å²) in [4.78, 5) is 11.3. The van der Waals surface area contributed by atoms with E-state index in [1.165, 1.54) is 4.31 Å². The normalized spacial score (nSPS) is 33.4. The first-order valence-electron chi connectivity index (χ1n) is 6.87. The van der Waals surface area contributed by atoms with E-state index in [2.05, 4.69) is 4.72 Å². The smallest absolute Gasteiger partial charge is 0.310 e. The minimum atomic E-state index is -3.55. The SMILES string of the molecule is CC1(C(=O)O)CCCC1NS(=O)(=O)N1CCCCC1. The first-order chi connectivity index (χ1) is 8.86. The van der Waals surface area contributed by atoms with Gasteiger partial charge in [0, 0.05) is 19.1 Å². The van der Waals surface area contributed by atoms with Crippen LogP contribution in [-0.2, 0) is 15.0 Å². The fourth-order valence-corrected chi connectivity index (χ4v) is 4.60. The van der Waals surface area contributed by atoms with Crippen LogP contribution in [0.3, 0.4) is 0 Å². The van der Waals surface area contributed by atoms with E-state index in [9.17, 15) is 18.3 Å². The Morgan fingerprint density at radius 3 is 2.47 bits per heavy atom. The summed E-state index contributed by atoms with van der Waals surface area (Å²) in [6.45, 7) is 2.70. The monoisotopic (exact) mass is 290 g/mol. The number of carbonyl (C=O) groups is 1. The quantitative estimate of drug-likeness (QED) is 0.807. The molecule has 6 nitrogen and oxygen atoms in total. The van der Waals surface area contributed by atoms with Crippen molar-refractivity contribution in [1.82, 2.24) is 9.03 Å². The molecular formula is C12H22N2O4S. The van der Waals surface area contributed by atoms with Crippen molar-refractivity contribution >= 4 is 16.2 Å². The van der Waals surface area contributed by atoms with Crippen LogP contribution >= 0.6 is 0 Å². The topological polar surface area (TPSA) is 86.7 Å². The Balaban J connectivity index is 2.09. The van der Waals surface area contributed by atoms with Gasteiger partial charge < -0.3 is 5.11 Å². The standard InChI is InChI=1S/C12H22N2O4S/c1-12(11(15)16)7-5-6-10(12)13-19(17,18)14-8-3-2-4-9-14/h10,13H,2-9H2,1H3,(H,15,16). The highest BCUT2D eigenvalue weighted by Crippen LogP contribution is 2.38. The summed E-state index contributed by atoms with van der Waals surface area (Å²) in [5.41, 5.74) is -0.983. The van der Waals surface area contributed by atoms with E-state index < -0.39 is 27.6 Å². The lowest BCUT2D eigenvalue weighted by Gasteiger charge is -2.32. The van der Waals surface area contributed by atoms with Gasteiger partial charge in [0.1, 0.15) is 0 Å². The van der Waals surface area contributed by atoms with E-state index in [0.717, 1.165) is 25.7 Å². The second-order valence-electron chi connectivity index (χ2n) is 5.75. The van der Waals surface area contributed by atoms with E-state index >= 15 is 0 Å². The molecule has 0 amide bonds. The van der Waals surface area contributed by atoms with Crippen molar-refractivity contribution in [2.75, 3.05) is 13.1 Å². The third kappa shape index (κ3) is 2.93. The third-order valence-corrected chi connectivity index (χ3v) is 6.02. The van der Waals surface area contributed by atoms with Crippen molar-refractivity contribution in [3.8, 4) is 0 Å². The minimum absolute atomic E-state index is 0.503. The maximum absolute atomic E-state index is 12.3. The first kappa shape index (κ1) is 14.7. The molecule has 0 spiro atoms. The Kier molecular flexibility index (Phi) is 4.17. The van der Waals surface area contributed by atoms with Crippen LogP contribution in [0.15, 0.2) is 0 Å². The summed E-state index contributed by atoms with van der Waals surface area (Å²) in [7, 11) is -3.55. The lowest BCUT2D eigenvalue weighted by molar-refractivity contribution is -0.148. The average Bonchev–Trinajstić information content (AvgIpc) is 2.73. The lowest BCUT2D eigenvalue weighted by Crippen LogP contribution is -2.52. The van der Waals surface area contributed by atoms with Crippen molar-refractivity contribution in [3.63, 3.8) is 0 Å². The fraction of sp³-hybridized carbons (Fsp3) is 0.917. The molecule has 1 aliphatic carbocycles. The van der Waals surface area contributed by atoms with Crippen molar-refractivity contribution in [1.29, 1.82) is 0 Å². The molecule has 0 aromatic rings. The Bertz CT molecular complexity index is 445. The molecule has 2 atom stereocenters. The van der Waals surface area contributed by atoms with Crippen LogP contribution in [0.1, 0.15) is 45.4 Å². The summed E-state index contributed by atoms with van der Waals surface area (Å²) in [5, 5.41) is 9.30. The van der Waals surface area contributed by atoms with Gasteiger partial charge in [-0.2, -0.15) is 17.4 Å². The summed E-state index contributed by atoms with van der Waals surface area (Å²) in [5.74, 6) is -0.920. The number of piperidine rings is 1. The number of hydrogen-bond acceptors (Lipinski definition) is 3. The summed E-state index contributed by atoms with van der Waals surface area (Å²) >= 11 is 0. The fourth-order valence-electron chi connectivity index (χ4n) is 2.97. The summed E-state index contributed by atoms with van der Waals surface area (Å²) in [6.07, 6.45) is 4.67. The number of nitrogens with one attached hydrogen (secondary N) is 1. The second kappa shape index (κ2) is 5.38. The van der Waals surface area contributed by atoms with Crippen LogP contribution in [0.5, 0.6) is 0 Å². The van der Waals surface area contributed by atoms with E-state index in [-0.39, 0.29) is 0 Å². The molecule has 0 aromatic carbocycles. The van der Waals surface area contributed by atoms with Crippen LogP contribution in [-0.4, -0.2) is 42.9 Å². The number of hydrogen-bond donors (Lipinski definition) is 2. The number of rotatable bonds is 4. The highest BCUT2D eigenvalue weighted by atomic mass is 32.2. The van der Waals surface area contributed by atoms with E-state index in [1.54, 1.807) is 6.92 Å². The van der Waals surface area contributed by atoms with Crippen LogP contribution in [0.2, 0.25) is 0 Å². The molecule has 110 valence electrons. The Labute approximate surface area is 114 Å². The van der Waals surface area contributed by atoms with Gasteiger partial charge in [0.2, 0.25) is 0 Å². The average molecular weight is 290 g/mol. The predicted molar refractivity (Wildman–Crippen MR) is 70.9 cm³/mol. The number of carboxylic acids is 1. The van der Waals surface area contributed by atoms with Crippen LogP contribution in [0.25, 0.3) is 0 Å². The maximum Gasteiger partial charge on any atom is 0.310 e. The van der Waals surface area contributed by atoms with Gasteiger partial charge in [0.15, 0.2) is 0 Å². The molecule has 1 saturated carbocycles. The Morgan fingerprint density at radius 2 is 1.89 bits per heavy atom. The molecule has 1 saturated heterocycles. The highest BCUT2D eigenvalue weighted by Gasteiger charge is 2.47. The Hall–Kier alpha value is -0.660. The molecule has 1 heterocycles. The molecule has 2 N–H and O–H groups in total. The highest BCUT2D eigenvalue weighted by molar-refractivity contribution is 7.87. The van der Waals surface area contributed by atoms with Crippen LogP contribution in [0, 0.1) is 5.41 Å². The Morgan fingerprint density at radius 1 is 1.26 bits per heavy atom. The molecule has 0 radical (unpaired) electrons. The lowest BCUT2D eigenvalue weighted by atomic mass is 9.85. The molecule has 0 aromatic heterocycles. The zero-order chi connectivity index (χ0) is 14.1. The van der Waals surface area contributed by atoms with Gasteiger partial charge in [-0.05, 0) is 32.6 Å². The van der Waals surface area contributed by atoms with Crippen molar-refractivity contribution < 1.29 is 18.3 Å². The predicted octanol–water partition coefficient (Wildman–Crippen LogP) is 0.950. The molecule has 0 bridgehead atoms. The van der Waals surface area contributed by atoms with Crippen LogP contribution < -0.4 is 4.72 Å². The number of aliphatic carboxylic acids is 1. The van der Waals surface area contributed by atoms with Crippen LogP contribution in [0.4, 0.5) is 0 Å². The van der Waals surface area contributed by atoms with E-state index in [1.807, 2.05) is 0 Å². The molecule has 2 fully saturated rings. The van der Waals surface area contributed by atoms with Crippen molar-refractivity contribution in [3.05, 3.63) is 0 Å². The third-order valence-electron chi connectivity index (χ3n) is 4.39. The molecular weight excluding hydrogens is 268 g/mol. The molecule has 2 rings (SSSR count). The van der Waals surface area contributed by atoms with E-state index in [0.29, 0.717) is 25.9 Å². The molecule has 2 unspecified atom stereocenters. The second-order valence-corrected chi connectivity index (χ2v) is 7.45. The van der Waals surface area contributed by atoms with Gasteiger partial charge in [0.25, 0.3) is 10.2 Å². The van der Waals surface area contributed by atoms with Gasteiger partial charge in [-0.1, -0.05) is 12.8 Å². The maximum atomic E-state index is 12.3. The molecule has 7 heteroatoms. The largest absolute Gasteiger partial charge is 0.481 e. The zero-order valence-corrected chi connectivity index (χ0v) is 12.1. The van der Waals surface area contributed by atoms with Gasteiger partial charge in [-0.15, -0.1) is 0 Å². The minimum Gasteiger partial charge on any atom is -0.481 e. The summed E-state index contributed by atoms with van der Waals surface area (Å²) < 4.78 is 28.6. The van der Waals surface area contributed by atoms with Gasteiger partial charge in [0.05, 0.1) is 5.41 Å². The molecule has 19 heavy (non-hydrogen) atoms. The van der Waals surface area contributed by atoms with Crippen molar-refractivity contribution in [2.24, 2.45) is 5.41 Å². The van der Waals surface area contributed by atoms with Gasteiger partial charge >= 0.3 is 5.97 Å². The number of carboxylic acid groups (broad SMARTS) is 1. The van der Waals surface area contributed by atoms with Gasteiger partial charge in [-0.3, -0.25) is 4.79 Å². The summed E-state index contributed by atoms with van der Waals surface area (Å²) in [6, 6.07) is -0.503. The molecule has 2 aliphatic rings. The van der Waals surface area contributed by atoms with Crippen molar-refractivity contribution in [2.45, 2.75) is 51.5 Å². The van der Waals surface area contributed by atoms with Gasteiger partial charge in [-0.25, -0.2) is 0 Å². The van der Waals surface area contributed by atoms with E-state index in [4.69, 9.17) is 0 Å².